The van der Waals surface area contributed by atoms with Crippen LogP contribution in [0.15, 0.2) is 12.1 Å². The number of aryl methyl sites for hydroxylation is 1. The minimum Gasteiger partial charge on any atom is -0.370 e. The molecule has 1 amide bonds. The Balaban J connectivity index is 2.21. The summed E-state index contributed by atoms with van der Waals surface area (Å²) in [5.74, 6) is -0.127. The quantitative estimate of drug-likeness (QED) is 0.846. The predicted molar refractivity (Wildman–Crippen MR) is 68.4 cm³/mol. The van der Waals surface area contributed by atoms with E-state index in [0.29, 0.717) is 5.69 Å². The normalized spacial score (nSPS) is 15.8. The number of pyridine rings is 1. The van der Waals surface area contributed by atoms with E-state index in [1.54, 1.807) is 13.1 Å². The predicted octanol–water partition coefficient (Wildman–Crippen LogP) is 1.74. The summed E-state index contributed by atoms with van der Waals surface area (Å²) in [7, 11) is 1.62. The average molecular weight is 233 g/mol. The molecule has 0 atom stereocenters. The lowest BCUT2D eigenvalue weighted by Gasteiger charge is -2.29. The Morgan fingerprint density at radius 2 is 2.00 bits per heavy atom. The molecule has 4 nitrogen and oxygen atoms in total. The largest absolute Gasteiger partial charge is 0.370 e. The van der Waals surface area contributed by atoms with Gasteiger partial charge in [-0.1, -0.05) is 0 Å². The molecular weight excluding hydrogens is 214 g/mol. The van der Waals surface area contributed by atoms with E-state index < -0.39 is 0 Å². The molecule has 1 saturated heterocycles. The van der Waals surface area contributed by atoms with Crippen LogP contribution in [0.25, 0.3) is 0 Å². The van der Waals surface area contributed by atoms with E-state index in [9.17, 15) is 4.79 Å². The Morgan fingerprint density at radius 3 is 2.59 bits per heavy atom. The van der Waals surface area contributed by atoms with Crippen LogP contribution < -0.4 is 10.2 Å². The summed E-state index contributed by atoms with van der Waals surface area (Å²) in [6.07, 6.45) is 3.81. The molecule has 0 saturated carbocycles. The monoisotopic (exact) mass is 233 g/mol. The van der Waals surface area contributed by atoms with Crippen molar-refractivity contribution in [2.45, 2.75) is 26.2 Å². The number of carbonyl (C=O) groups is 1. The second-order valence-electron chi connectivity index (χ2n) is 4.43. The van der Waals surface area contributed by atoms with Gasteiger partial charge in [0.2, 0.25) is 0 Å². The van der Waals surface area contributed by atoms with Crippen molar-refractivity contribution in [2.24, 2.45) is 0 Å². The second kappa shape index (κ2) is 5.17. The Labute approximate surface area is 102 Å². The third-order valence-electron chi connectivity index (χ3n) is 3.21. The summed E-state index contributed by atoms with van der Waals surface area (Å²) in [5.41, 5.74) is 2.59. The summed E-state index contributed by atoms with van der Waals surface area (Å²) in [6, 6.07) is 3.81. The highest BCUT2D eigenvalue weighted by atomic mass is 16.1. The molecule has 0 spiro atoms. The maximum Gasteiger partial charge on any atom is 0.269 e. The molecule has 0 radical (unpaired) electrons. The smallest absolute Gasteiger partial charge is 0.269 e. The van der Waals surface area contributed by atoms with E-state index in [1.165, 1.54) is 19.3 Å². The molecule has 1 N–H and O–H groups in total. The Kier molecular flexibility index (Phi) is 3.61. The van der Waals surface area contributed by atoms with Gasteiger partial charge >= 0.3 is 0 Å². The molecule has 1 aromatic heterocycles. The zero-order valence-corrected chi connectivity index (χ0v) is 10.5. The van der Waals surface area contributed by atoms with Crippen molar-refractivity contribution in [3.8, 4) is 0 Å². The van der Waals surface area contributed by atoms with Crippen molar-refractivity contribution in [1.82, 2.24) is 10.3 Å². The van der Waals surface area contributed by atoms with Crippen molar-refractivity contribution in [2.75, 3.05) is 25.0 Å². The third-order valence-corrected chi connectivity index (χ3v) is 3.21. The molecule has 92 valence electrons. The molecule has 0 aromatic carbocycles. The first-order valence-corrected chi connectivity index (χ1v) is 6.17. The van der Waals surface area contributed by atoms with Crippen molar-refractivity contribution in [1.29, 1.82) is 0 Å². The topological polar surface area (TPSA) is 45.2 Å². The van der Waals surface area contributed by atoms with Crippen LogP contribution in [0.3, 0.4) is 0 Å². The summed E-state index contributed by atoms with van der Waals surface area (Å²) < 4.78 is 0. The van der Waals surface area contributed by atoms with Gasteiger partial charge in [-0.15, -0.1) is 0 Å². The standard InChI is InChI=1S/C13H19N3O/c1-10-12(16-8-4-3-5-9-16)7-6-11(15-10)13(17)14-2/h6-7H,3-5,8-9H2,1-2H3,(H,14,17). The zero-order chi connectivity index (χ0) is 12.3. The molecular formula is C13H19N3O. The SMILES string of the molecule is CNC(=O)c1ccc(N2CCCCC2)c(C)n1. The van der Waals surface area contributed by atoms with Gasteiger partial charge in [0.05, 0.1) is 11.4 Å². The summed E-state index contributed by atoms with van der Waals surface area (Å²) in [6.45, 7) is 4.17. The van der Waals surface area contributed by atoms with Crippen molar-refractivity contribution in [3.63, 3.8) is 0 Å². The summed E-state index contributed by atoms with van der Waals surface area (Å²) in [5, 5.41) is 2.59. The number of carbonyl (C=O) groups excluding carboxylic acids is 1. The highest BCUT2D eigenvalue weighted by Gasteiger charge is 2.15. The molecule has 1 aromatic rings. The Morgan fingerprint density at radius 1 is 1.29 bits per heavy atom. The van der Waals surface area contributed by atoms with Crippen LogP contribution >= 0.6 is 0 Å². The van der Waals surface area contributed by atoms with E-state index in [1.807, 2.05) is 13.0 Å². The lowest BCUT2D eigenvalue weighted by Crippen LogP contribution is -2.30. The van der Waals surface area contributed by atoms with E-state index in [4.69, 9.17) is 0 Å². The lowest BCUT2D eigenvalue weighted by molar-refractivity contribution is 0.0958. The number of hydrogen-bond donors (Lipinski definition) is 1. The van der Waals surface area contributed by atoms with Gasteiger partial charge in [-0.05, 0) is 38.3 Å². The molecule has 1 aliphatic heterocycles. The van der Waals surface area contributed by atoms with Gasteiger partial charge in [-0.25, -0.2) is 4.98 Å². The molecule has 0 unspecified atom stereocenters. The number of nitrogens with zero attached hydrogens (tertiary/aromatic N) is 2. The first-order valence-electron chi connectivity index (χ1n) is 6.17. The van der Waals surface area contributed by atoms with Crippen LogP contribution in [0.2, 0.25) is 0 Å². The van der Waals surface area contributed by atoms with Crippen molar-refractivity contribution >= 4 is 11.6 Å². The molecule has 2 rings (SSSR count). The Hall–Kier alpha value is -1.58. The van der Waals surface area contributed by atoms with Gasteiger partial charge in [0.1, 0.15) is 5.69 Å². The van der Waals surface area contributed by atoms with Crippen LogP contribution in [-0.2, 0) is 0 Å². The van der Waals surface area contributed by atoms with Gasteiger partial charge < -0.3 is 10.2 Å². The van der Waals surface area contributed by atoms with Crippen LogP contribution in [0, 0.1) is 6.92 Å². The number of rotatable bonds is 2. The molecule has 2 heterocycles. The van der Waals surface area contributed by atoms with Gasteiger partial charge in [0, 0.05) is 20.1 Å². The van der Waals surface area contributed by atoms with E-state index in [0.717, 1.165) is 24.5 Å². The van der Waals surface area contributed by atoms with Gasteiger partial charge in [0.25, 0.3) is 5.91 Å². The fourth-order valence-electron chi connectivity index (χ4n) is 2.28. The molecule has 0 aliphatic carbocycles. The van der Waals surface area contributed by atoms with Gasteiger partial charge in [-0.2, -0.15) is 0 Å². The maximum atomic E-state index is 11.5. The first kappa shape index (κ1) is 11.9. The summed E-state index contributed by atoms with van der Waals surface area (Å²) in [4.78, 5) is 18.2. The second-order valence-corrected chi connectivity index (χ2v) is 4.43. The zero-order valence-electron chi connectivity index (χ0n) is 10.5. The molecule has 1 fully saturated rings. The third kappa shape index (κ3) is 2.57. The fourth-order valence-corrected chi connectivity index (χ4v) is 2.28. The number of hydrogen-bond acceptors (Lipinski definition) is 3. The maximum absolute atomic E-state index is 11.5. The number of piperidine rings is 1. The minimum atomic E-state index is -0.127. The van der Waals surface area contributed by atoms with E-state index >= 15 is 0 Å². The minimum absolute atomic E-state index is 0.127. The molecule has 17 heavy (non-hydrogen) atoms. The molecule has 0 bridgehead atoms. The van der Waals surface area contributed by atoms with Crippen LogP contribution in [0.4, 0.5) is 5.69 Å². The van der Waals surface area contributed by atoms with Crippen molar-refractivity contribution < 1.29 is 4.79 Å². The number of nitrogens with one attached hydrogen (secondary N) is 1. The number of aromatic nitrogens is 1. The highest BCUT2D eigenvalue weighted by Crippen LogP contribution is 2.22. The molecule has 4 heteroatoms. The number of amides is 1. The van der Waals surface area contributed by atoms with Gasteiger partial charge in [0.15, 0.2) is 0 Å². The van der Waals surface area contributed by atoms with E-state index in [2.05, 4.69) is 15.2 Å². The fraction of sp³-hybridized carbons (Fsp3) is 0.538. The summed E-state index contributed by atoms with van der Waals surface area (Å²) >= 11 is 0. The van der Waals surface area contributed by atoms with Crippen LogP contribution in [-0.4, -0.2) is 31.0 Å². The average Bonchev–Trinajstić information content (AvgIpc) is 2.38. The Bertz CT molecular complexity index is 411. The van der Waals surface area contributed by atoms with E-state index in [-0.39, 0.29) is 5.91 Å². The van der Waals surface area contributed by atoms with Crippen LogP contribution in [0.1, 0.15) is 35.4 Å². The first-order chi connectivity index (χ1) is 8.22. The van der Waals surface area contributed by atoms with Crippen LogP contribution in [0.5, 0.6) is 0 Å². The highest BCUT2D eigenvalue weighted by molar-refractivity contribution is 5.92. The number of anilines is 1. The molecule has 1 aliphatic rings. The lowest BCUT2D eigenvalue weighted by atomic mass is 10.1. The van der Waals surface area contributed by atoms with Gasteiger partial charge in [-0.3, -0.25) is 4.79 Å². The van der Waals surface area contributed by atoms with Crippen molar-refractivity contribution in [3.05, 3.63) is 23.5 Å².